The summed E-state index contributed by atoms with van der Waals surface area (Å²) in [6, 6.07) is 9.21. The summed E-state index contributed by atoms with van der Waals surface area (Å²) in [7, 11) is 0. The number of hydrogen-bond donors (Lipinski definition) is 1. The van der Waals surface area contributed by atoms with Gasteiger partial charge in [0.25, 0.3) is 0 Å². The van der Waals surface area contributed by atoms with E-state index < -0.39 is 11.7 Å². The van der Waals surface area contributed by atoms with Crippen LogP contribution in [0.5, 0.6) is 0 Å². The lowest BCUT2D eigenvalue weighted by Gasteiger charge is -2.13. The zero-order valence-corrected chi connectivity index (χ0v) is 17.7. The maximum atomic E-state index is 12.7. The minimum Gasteiger partial charge on any atom is -0.316 e. The average molecular weight is 455 g/mol. The van der Waals surface area contributed by atoms with Crippen LogP contribution in [-0.4, -0.2) is 18.1 Å². The Hall–Kier alpha value is -1.54. The van der Waals surface area contributed by atoms with Crippen molar-refractivity contribution in [3.8, 4) is 10.6 Å². The van der Waals surface area contributed by atoms with E-state index in [0.717, 1.165) is 58.7 Å². The smallest absolute Gasteiger partial charge is 0.316 e. The molecule has 1 aliphatic rings. The number of hydrogen-bond acceptors (Lipinski definition) is 4. The van der Waals surface area contributed by atoms with Crippen molar-refractivity contribution in [1.82, 2.24) is 10.3 Å². The van der Waals surface area contributed by atoms with E-state index in [0.29, 0.717) is 11.3 Å². The third-order valence-corrected chi connectivity index (χ3v) is 7.37. The lowest BCUT2D eigenvalue weighted by Crippen LogP contribution is -2.16. The van der Waals surface area contributed by atoms with Gasteiger partial charge in [-0.15, -0.1) is 23.1 Å². The van der Waals surface area contributed by atoms with Gasteiger partial charge >= 0.3 is 6.18 Å². The molecule has 2 nitrogen and oxygen atoms in total. The van der Waals surface area contributed by atoms with Crippen LogP contribution in [0.3, 0.4) is 0 Å². The standard InChI is InChI=1S/C21H18ClF3N2S2/c22-18-6-3-13-7-9-26-10-8-17(13)19(18)28-11-16-12-29-20(27-16)14-1-4-15(5-2-14)21(23,24)25/h1-6,12,26H,7-11H2. The summed E-state index contributed by atoms with van der Waals surface area (Å²) in [4.78, 5) is 5.72. The summed E-state index contributed by atoms with van der Waals surface area (Å²) < 4.78 is 38.2. The third-order valence-electron chi connectivity index (χ3n) is 4.81. The van der Waals surface area contributed by atoms with Crippen LogP contribution in [0, 0.1) is 0 Å². The summed E-state index contributed by atoms with van der Waals surface area (Å²) in [5, 5.41) is 6.85. The Bertz CT molecular complexity index is 1000. The molecule has 2 aromatic carbocycles. The van der Waals surface area contributed by atoms with Crippen LogP contribution in [-0.2, 0) is 24.8 Å². The van der Waals surface area contributed by atoms with Gasteiger partial charge in [-0.25, -0.2) is 4.98 Å². The van der Waals surface area contributed by atoms with Gasteiger partial charge in [0.15, 0.2) is 0 Å². The minimum atomic E-state index is -4.33. The molecule has 29 heavy (non-hydrogen) atoms. The van der Waals surface area contributed by atoms with Crippen LogP contribution >= 0.6 is 34.7 Å². The molecule has 4 rings (SSSR count). The highest BCUT2D eigenvalue weighted by Gasteiger charge is 2.30. The first-order chi connectivity index (χ1) is 13.9. The first-order valence-electron chi connectivity index (χ1n) is 9.17. The lowest BCUT2D eigenvalue weighted by atomic mass is 10.0. The molecule has 0 bridgehead atoms. The van der Waals surface area contributed by atoms with Gasteiger partial charge in [-0.1, -0.05) is 29.8 Å². The van der Waals surface area contributed by atoms with Crippen LogP contribution in [0.4, 0.5) is 13.2 Å². The fraction of sp³-hybridized carbons (Fsp3) is 0.286. The van der Waals surface area contributed by atoms with E-state index in [2.05, 4.69) is 16.4 Å². The number of nitrogens with one attached hydrogen (secondary N) is 1. The van der Waals surface area contributed by atoms with Gasteiger partial charge in [0.1, 0.15) is 5.01 Å². The number of benzene rings is 2. The zero-order chi connectivity index (χ0) is 20.4. The van der Waals surface area contributed by atoms with Crippen molar-refractivity contribution in [1.29, 1.82) is 0 Å². The molecule has 3 aromatic rings. The molecule has 2 heterocycles. The highest BCUT2D eigenvalue weighted by molar-refractivity contribution is 7.98. The summed E-state index contributed by atoms with van der Waals surface area (Å²) in [5.74, 6) is 0.667. The monoisotopic (exact) mass is 454 g/mol. The molecule has 0 fully saturated rings. The quantitative estimate of drug-likeness (QED) is 0.458. The van der Waals surface area contributed by atoms with Crippen molar-refractivity contribution in [3.05, 3.63) is 69.2 Å². The van der Waals surface area contributed by atoms with Gasteiger partial charge in [-0.3, -0.25) is 0 Å². The summed E-state index contributed by atoms with van der Waals surface area (Å²) in [5.41, 5.74) is 3.59. The molecule has 8 heteroatoms. The Morgan fingerprint density at radius 1 is 1.07 bits per heavy atom. The van der Waals surface area contributed by atoms with Crippen molar-refractivity contribution in [2.75, 3.05) is 13.1 Å². The second-order valence-electron chi connectivity index (χ2n) is 6.77. The largest absolute Gasteiger partial charge is 0.416 e. The lowest BCUT2D eigenvalue weighted by molar-refractivity contribution is -0.137. The molecule has 0 amide bonds. The van der Waals surface area contributed by atoms with E-state index in [-0.39, 0.29) is 0 Å². The van der Waals surface area contributed by atoms with E-state index in [1.54, 1.807) is 11.8 Å². The number of halogens is 4. The molecule has 0 saturated heterocycles. The maximum absolute atomic E-state index is 12.7. The summed E-state index contributed by atoms with van der Waals surface area (Å²) >= 11 is 9.60. The van der Waals surface area contributed by atoms with Gasteiger partial charge in [-0.2, -0.15) is 13.2 Å². The van der Waals surface area contributed by atoms with Crippen LogP contribution in [0.25, 0.3) is 10.6 Å². The van der Waals surface area contributed by atoms with E-state index in [4.69, 9.17) is 11.6 Å². The molecular weight excluding hydrogens is 437 g/mol. The number of rotatable bonds is 4. The van der Waals surface area contributed by atoms with Crippen molar-refractivity contribution >= 4 is 34.7 Å². The van der Waals surface area contributed by atoms with Crippen LogP contribution < -0.4 is 5.32 Å². The van der Waals surface area contributed by atoms with E-state index in [1.165, 1.54) is 34.6 Å². The summed E-state index contributed by atoms with van der Waals surface area (Å²) in [6.45, 7) is 1.91. The Kier molecular flexibility index (Phi) is 6.20. The maximum Gasteiger partial charge on any atom is 0.416 e. The highest BCUT2D eigenvalue weighted by atomic mass is 35.5. The van der Waals surface area contributed by atoms with Gasteiger partial charge < -0.3 is 5.32 Å². The van der Waals surface area contributed by atoms with Gasteiger partial charge in [0, 0.05) is 21.6 Å². The van der Waals surface area contributed by atoms with Crippen LogP contribution in [0.2, 0.25) is 5.02 Å². The number of alkyl halides is 3. The second-order valence-corrected chi connectivity index (χ2v) is 9.02. The molecular formula is C21H18ClF3N2S2. The normalized spacial score (nSPS) is 14.5. The average Bonchev–Trinajstić information content (AvgIpc) is 3.04. The van der Waals surface area contributed by atoms with Crippen LogP contribution in [0.15, 0.2) is 46.7 Å². The molecule has 0 aliphatic carbocycles. The van der Waals surface area contributed by atoms with E-state index in [1.807, 2.05) is 11.4 Å². The predicted molar refractivity (Wildman–Crippen MR) is 114 cm³/mol. The third kappa shape index (κ3) is 4.79. The molecule has 0 spiro atoms. The second kappa shape index (κ2) is 8.68. The van der Waals surface area contributed by atoms with Crippen molar-refractivity contribution in [2.24, 2.45) is 0 Å². The number of nitrogens with zero attached hydrogens (tertiary/aromatic N) is 1. The molecule has 0 radical (unpaired) electrons. The van der Waals surface area contributed by atoms with Gasteiger partial charge in [0.05, 0.1) is 16.3 Å². The number of thioether (sulfide) groups is 1. The van der Waals surface area contributed by atoms with Gasteiger partial charge in [-0.05, 0) is 55.3 Å². The Balaban J connectivity index is 1.49. The molecule has 1 N–H and O–H groups in total. The SMILES string of the molecule is FC(F)(F)c1ccc(-c2nc(CSc3c(Cl)ccc4c3CCNCC4)cs2)cc1. The molecule has 152 valence electrons. The topological polar surface area (TPSA) is 24.9 Å². The summed E-state index contributed by atoms with van der Waals surface area (Å²) in [6.07, 6.45) is -2.38. The Morgan fingerprint density at radius 3 is 2.59 bits per heavy atom. The number of thiazole rings is 1. The molecule has 0 saturated carbocycles. The predicted octanol–water partition coefficient (Wildman–Crippen LogP) is 6.46. The molecule has 0 atom stereocenters. The van der Waals surface area contributed by atoms with Crippen molar-refractivity contribution in [2.45, 2.75) is 29.7 Å². The zero-order valence-electron chi connectivity index (χ0n) is 15.4. The van der Waals surface area contributed by atoms with E-state index in [9.17, 15) is 13.2 Å². The van der Waals surface area contributed by atoms with Crippen molar-refractivity contribution < 1.29 is 13.2 Å². The number of aromatic nitrogens is 1. The minimum absolute atomic E-state index is 0.650. The molecule has 1 aliphatic heterocycles. The fourth-order valence-electron chi connectivity index (χ4n) is 3.32. The first-order valence-corrected chi connectivity index (χ1v) is 11.4. The number of fused-ring (bicyclic) bond motifs is 1. The molecule has 0 unspecified atom stereocenters. The Labute approximate surface area is 180 Å². The van der Waals surface area contributed by atoms with Gasteiger partial charge in [0.2, 0.25) is 0 Å². The van der Waals surface area contributed by atoms with Crippen LogP contribution in [0.1, 0.15) is 22.4 Å². The van der Waals surface area contributed by atoms with Crippen molar-refractivity contribution in [3.63, 3.8) is 0 Å². The molecule has 1 aromatic heterocycles. The van der Waals surface area contributed by atoms with E-state index >= 15 is 0 Å². The Morgan fingerprint density at radius 2 is 1.83 bits per heavy atom. The first kappa shape index (κ1) is 20.7. The fourth-order valence-corrected chi connectivity index (χ4v) is 5.65. The highest BCUT2D eigenvalue weighted by Crippen LogP contribution is 2.37.